The number of aliphatic imine (C=N–C) groups is 1. The van der Waals surface area contributed by atoms with E-state index in [2.05, 4.69) is 34.4 Å². The van der Waals surface area contributed by atoms with Gasteiger partial charge in [0.05, 0.1) is 0 Å². The molecule has 2 atom stereocenters. The van der Waals surface area contributed by atoms with Crippen LogP contribution in [0.5, 0.6) is 0 Å². The van der Waals surface area contributed by atoms with E-state index >= 15 is 0 Å². The van der Waals surface area contributed by atoms with Crippen molar-refractivity contribution in [3.8, 4) is 0 Å². The Morgan fingerprint density at radius 3 is 2.88 bits per heavy atom. The maximum absolute atomic E-state index is 6.20. The third-order valence-corrected chi connectivity index (χ3v) is 5.72. The van der Waals surface area contributed by atoms with E-state index in [0.717, 1.165) is 30.6 Å². The lowest BCUT2D eigenvalue weighted by molar-refractivity contribution is 0.122. The third-order valence-electron chi connectivity index (χ3n) is 5.49. The smallest absolute Gasteiger partial charge is 0.188 e. The van der Waals surface area contributed by atoms with Gasteiger partial charge in [-0.2, -0.15) is 0 Å². The topological polar surface area (TPSA) is 53.6 Å². The highest BCUT2D eigenvalue weighted by atomic mass is 35.5. The van der Waals surface area contributed by atoms with Crippen LogP contribution in [-0.4, -0.2) is 37.5 Å². The number of rotatable bonds is 5. The van der Waals surface area contributed by atoms with Crippen molar-refractivity contribution in [2.75, 3.05) is 26.7 Å². The Labute approximate surface area is 150 Å². The first-order valence-corrected chi connectivity index (χ1v) is 9.51. The summed E-state index contributed by atoms with van der Waals surface area (Å²) in [5.41, 5.74) is 7.36. The summed E-state index contributed by atoms with van der Waals surface area (Å²) in [5, 5.41) is 4.16. The number of nitrogens with one attached hydrogen (secondary N) is 1. The highest BCUT2D eigenvalue weighted by Crippen LogP contribution is 2.35. The summed E-state index contributed by atoms with van der Waals surface area (Å²) in [5.74, 6) is 1.87. The molecule has 1 aromatic rings. The minimum absolute atomic E-state index is 0.379. The Bertz CT molecular complexity index is 570. The molecule has 0 bridgehead atoms. The molecule has 2 unspecified atom stereocenters. The maximum Gasteiger partial charge on any atom is 0.188 e. The van der Waals surface area contributed by atoms with Crippen LogP contribution in [0.2, 0.25) is 5.02 Å². The van der Waals surface area contributed by atoms with E-state index in [9.17, 15) is 0 Å². The van der Waals surface area contributed by atoms with Crippen molar-refractivity contribution in [1.29, 1.82) is 0 Å². The summed E-state index contributed by atoms with van der Waals surface area (Å²) in [7, 11) is 2.20. The van der Waals surface area contributed by atoms with Gasteiger partial charge in [-0.05, 0) is 68.8 Å². The number of guanidine groups is 1. The van der Waals surface area contributed by atoms with Crippen molar-refractivity contribution in [3.63, 3.8) is 0 Å². The average Bonchev–Trinajstić information content (AvgIpc) is 2.51. The van der Waals surface area contributed by atoms with Gasteiger partial charge in [-0.15, -0.1) is 0 Å². The van der Waals surface area contributed by atoms with Crippen LogP contribution in [0.25, 0.3) is 0 Å². The lowest BCUT2D eigenvalue weighted by Crippen LogP contribution is -2.43. The first-order valence-electron chi connectivity index (χ1n) is 9.13. The molecule has 0 aromatic heterocycles. The van der Waals surface area contributed by atoms with E-state index in [1.54, 1.807) is 0 Å². The van der Waals surface area contributed by atoms with Gasteiger partial charge in [0, 0.05) is 24.2 Å². The summed E-state index contributed by atoms with van der Waals surface area (Å²) in [4.78, 5) is 6.94. The van der Waals surface area contributed by atoms with Crippen molar-refractivity contribution in [3.05, 3.63) is 34.9 Å². The molecule has 4 nitrogen and oxygen atoms in total. The Balaban J connectivity index is 1.61. The number of hydrogen-bond acceptors (Lipinski definition) is 2. The second-order valence-electron chi connectivity index (χ2n) is 7.29. The summed E-state index contributed by atoms with van der Waals surface area (Å²) in [6.45, 7) is 2.86. The number of piperidine rings is 1. The minimum atomic E-state index is 0.379. The summed E-state index contributed by atoms with van der Waals surface area (Å²) < 4.78 is 0. The highest BCUT2D eigenvalue weighted by Gasteiger charge is 2.30. The molecule has 1 heterocycles. The first kappa shape index (κ1) is 17.6. The zero-order chi connectivity index (χ0) is 16.9. The van der Waals surface area contributed by atoms with E-state index in [0.29, 0.717) is 17.9 Å². The molecule has 3 rings (SSSR count). The Kier molecular flexibility index (Phi) is 6.01. The lowest BCUT2D eigenvalue weighted by Gasteiger charge is -2.39. The molecule has 5 heteroatoms. The Morgan fingerprint density at radius 1 is 1.33 bits per heavy atom. The van der Waals surface area contributed by atoms with Gasteiger partial charge in [-0.25, -0.2) is 0 Å². The van der Waals surface area contributed by atoms with Gasteiger partial charge in [-0.3, -0.25) is 9.89 Å². The van der Waals surface area contributed by atoms with E-state index in [4.69, 9.17) is 17.3 Å². The number of hydrogen-bond donors (Lipinski definition) is 2. The molecule has 1 aliphatic carbocycles. The number of nitrogens with two attached hydrogens (primary N) is 1. The van der Waals surface area contributed by atoms with Crippen LogP contribution in [0, 0.1) is 11.8 Å². The van der Waals surface area contributed by atoms with Crippen LogP contribution in [0.1, 0.15) is 43.7 Å². The molecular weight excluding hydrogens is 320 g/mol. The second kappa shape index (κ2) is 8.21. The van der Waals surface area contributed by atoms with Crippen molar-refractivity contribution in [2.24, 2.45) is 22.6 Å². The van der Waals surface area contributed by atoms with Gasteiger partial charge >= 0.3 is 0 Å². The predicted octanol–water partition coefficient (Wildman–Crippen LogP) is 3.43. The SMILES string of the molecule is CN1CCCC(CNC(N)=NCC2CCC2)C1c1cccc(Cl)c1. The van der Waals surface area contributed by atoms with Crippen LogP contribution < -0.4 is 11.1 Å². The molecule has 2 aliphatic rings. The number of nitrogens with zero attached hydrogens (tertiary/aromatic N) is 2. The number of halogens is 1. The molecule has 1 aliphatic heterocycles. The van der Waals surface area contributed by atoms with Gasteiger partial charge in [-0.1, -0.05) is 30.2 Å². The quantitative estimate of drug-likeness (QED) is 0.633. The monoisotopic (exact) mass is 348 g/mol. The summed E-state index contributed by atoms with van der Waals surface area (Å²) in [6, 6.07) is 8.63. The Morgan fingerprint density at radius 2 is 2.17 bits per heavy atom. The molecule has 24 heavy (non-hydrogen) atoms. The van der Waals surface area contributed by atoms with Gasteiger partial charge in [0.25, 0.3) is 0 Å². The van der Waals surface area contributed by atoms with E-state index in [1.807, 2.05) is 12.1 Å². The van der Waals surface area contributed by atoms with Gasteiger partial charge in [0.2, 0.25) is 0 Å². The highest BCUT2D eigenvalue weighted by molar-refractivity contribution is 6.30. The fourth-order valence-corrected chi connectivity index (χ4v) is 4.08. The zero-order valence-corrected chi connectivity index (χ0v) is 15.3. The molecule has 1 saturated heterocycles. The fourth-order valence-electron chi connectivity index (χ4n) is 3.89. The number of likely N-dealkylation sites (tertiary alicyclic amines) is 1. The molecular formula is C19H29ClN4. The molecule has 0 spiro atoms. The molecule has 2 fully saturated rings. The molecule has 3 N–H and O–H groups in total. The predicted molar refractivity (Wildman–Crippen MR) is 101 cm³/mol. The van der Waals surface area contributed by atoms with E-state index in [1.165, 1.54) is 37.7 Å². The molecule has 1 aromatic carbocycles. The molecule has 0 amide bonds. The van der Waals surface area contributed by atoms with Gasteiger partial charge in [0.1, 0.15) is 0 Å². The third kappa shape index (κ3) is 4.42. The van der Waals surface area contributed by atoms with Crippen molar-refractivity contribution >= 4 is 17.6 Å². The molecule has 132 valence electrons. The first-order chi connectivity index (χ1) is 11.6. The molecule has 0 radical (unpaired) electrons. The van der Waals surface area contributed by atoms with Crippen LogP contribution in [0.3, 0.4) is 0 Å². The maximum atomic E-state index is 6.20. The normalized spacial score (nSPS) is 26.2. The second-order valence-corrected chi connectivity index (χ2v) is 7.72. The minimum Gasteiger partial charge on any atom is -0.370 e. The van der Waals surface area contributed by atoms with Crippen LogP contribution in [-0.2, 0) is 0 Å². The van der Waals surface area contributed by atoms with Gasteiger partial charge in [0.15, 0.2) is 5.96 Å². The largest absolute Gasteiger partial charge is 0.370 e. The average molecular weight is 349 g/mol. The van der Waals surface area contributed by atoms with E-state index in [-0.39, 0.29) is 0 Å². The summed E-state index contributed by atoms with van der Waals surface area (Å²) >= 11 is 6.20. The number of benzene rings is 1. The molecule has 1 saturated carbocycles. The van der Waals surface area contributed by atoms with Crippen molar-refractivity contribution in [1.82, 2.24) is 10.2 Å². The van der Waals surface area contributed by atoms with E-state index < -0.39 is 0 Å². The van der Waals surface area contributed by atoms with Gasteiger partial charge < -0.3 is 11.1 Å². The summed E-state index contributed by atoms with van der Waals surface area (Å²) in [6.07, 6.45) is 6.38. The van der Waals surface area contributed by atoms with Crippen molar-refractivity contribution < 1.29 is 0 Å². The standard InChI is InChI=1S/C19H29ClN4/c1-24-10-4-8-16(18(24)15-7-3-9-17(20)11-15)13-23-19(21)22-12-14-5-2-6-14/h3,7,9,11,14,16,18H,2,4-6,8,10,12-13H2,1H3,(H3,21,22,23). The zero-order valence-electron chi connectivity index (χ0n) is 14.5. The van der Waals surface area contributed by atoms with Crippen molar-refractivity contribution in [2.45, 2.75) is 38.1 Å². The van der Waals surface area contributed by atoms with Crippen LogP contribution in [0.15, 0.2) is 29.3 Å². The fraction of sp³-hybridized carbons (Fsp3) is 0.632. The lowest BCUT2D eigenvalue weighted by atomic mass is 9.85. The van der Waals surface area contributed by atoms with Crippen LogP contribution in [0.4, 0.5) is 0 Å². The Hall–Kier alpha value is -1.26. The van der Waals surface area contributed by atoms with Crippen LogP contribution >= 0.6 is 11.6 Å².